The molecule has 1 aliphatic heterocycles. The Morgan fingerprint density at radius 2 is 2.54 bits per heavy atom. The summed E-state index contributed by atoms with van der Waals surface area (Å²) in [6.07, 6.45) is 1.22. The SMILES string of the molecule is c1csc(CNC2=NCCCS2)c1. The van der Waals surface area contributed by atoms with Crippen LogP contribution in [0.5, 0.6) is 0 Å². The Kier molecular flexibility index (Phi) is 3.27. The minimum absolute atomic E-state index is 0.920. The first-order chi connectivity index (χ1) is 6.45. The largest absolute Gasteiger partial charge is 0.360 e. The maximum Gasteiger partial charge on any atom is 0.156 e. The highest BCUT2D eigenvalue weighted by Gasteiger charge is 2.04. The molecule has 1 aromatic heterocycles. The quantitative estimate of drug-likeness (QED) is 0.813. The average Bonchev–Trinajstić information content (AvgIpc) is 2.69. The molecule has 4 heteroatoms. The Balaban J connectivity index is 1.82. The van der Waals surface area contributed by atoms with E-state index >= 15 is 0 Å². The Labute approximate surface area is 86.5 Å². The van der Waals surface area contributed by atoms with Gasteiger partial charge in [0.2, 0.25) is 0 Å². The molecule has 0 amide bonds. The van der Waals surface area contributed by atoms with Gasteiger partial charge in [0.15, 0.2) is 5.17 Å². The third-order valence-corrected chi connectivity index (χ3v) is 3.71. The van der Waals surface area contributed by atoms with Gasteiger partial charge in [-0.15, -0.1) is 11.3 Å². The second-order valence-electron chi connectivity index (χ2n) is 2.82. The summed E-state index contributed by atoms with van der Waals surface area (Å²) in [4.78, 5) is 5.77. The number of aliphatic imine (C=N–C) groups is 1. The normalized spacial score (nSPS) is 16.8. The molecule has 0 fully saturated rings. The van der Waals surface area contributed by atoms with Gasteiger partial charge in [0.05, 0.1) is 6.54 Å². The van der Waals surface area contributed by atoms with Crippen molar-refractivity contribution in [2.75, 3.05) is 12.3 Å². The van der Waals surface area contributed by atoms with Crippen LogP contribution in [0.1, 0.15) is 11.3 Å². The van der Waals surface area contributed by atoms with Crippen LogP contribution in [0.2, 0.25) is 0 Å². The third kappa shape index (κ3) is 2.74. The van der Waals surface area contributed by atoms with Crippen LogP contribution >= 0.6 is 23.1 Å². The predicted molar refractivity (Wildman–Crippen MR) is 60.5 cm³/mol. The second kappa shape index (κ2) is 4.67. The number of nitrogens with zero attached hydrogens (tertiary/aromatic N) is 1. The molecule has 0 unspecified atom stereocenters. The number of rotatable bonds is 2. The molecular weight excluding hydrogens is 200 g/mol. The van der Waals surface area contributed by atoms with Gasteiger partial charge in [-0.25, -0.2) is 0 Å². The summed E-state index contributed by atoms with van der Waals surface area (Å²) in [5.74, 6) is 1.20. The molecule has 0 bridgehead atoms. The van der Waals surface area contributed by atoms with Gasteiger partial charge in [-0.3, -0.25) is 4.99 Å². The lowest BCUT2D eigenvalue weighted by Gasteiger charge is -2.12. The highest BCUT2D eigenvalue weighted by atomic mass is 32.2. The average molecular weight is 212 g/mol. The van der Waals surface area contributed by atoms with E-state index in [0.717, 1.165) is 18.3 Å². The van der Waals surface area contributed by atoms with Crippen molar-refractivity contribution >= 4 is 28.3 Å². The summed E-state index contributed by atoms with van der Waals surface area (Å²) in [5.41, 5.74) is 0. The van der Waals surface area contributed by atoms with Crippen molar-refractivity contribution in [2.24, 2.45) is 4.99 Å². The zero-order chi connectivity index (χ0) is 8.93. The van der Waals surface area contributed by atoms with Gasteiger partial charge in [-0.1, -0.05) is 17.8 Å². The van der Waals surface area contributed by atoms with Crippen LogP contribution in [-0.2, 0) is 6.54 Å². The van der Waals surface area contributed by atoms with Crippen LogP contribution in [0.15, 0.2) is 22.5 Å². The standard InChI is InChI=1S/C9H12N2S2/c1-3-8(12-5-1)7-11-9-10-4-2-6-13-9/h1,3,5H,2,4,6-7H2,(H,10,11). The van der Waals surface area contributed by atoms with E-state index in [4.69, 9.17) is 0 Å². The van der Waals surface area contributed by atoms with Gasteiger partial charge in [0.25, 0.3) is 0 Å². The Morgan fingerprint density at radius 3 is 3.23 bits per heavy atom. The van der Waals surface area contributed by atoms with E-state index in [9.17, 15) is 0 Å². The van der Waals surface area contributed by atoms with Crippen LogP contribution in [-0.4, -0.2) is 17.5 Å². The number of hydrogen-bond donors (Lipinski definition) is 1. The molecule has 1 N–H and O–H groups in total. The molecule has 0 radical (unpaired) electrons. The van der Waals surface area contributed by atoms with E-state index < -0.39 is 0 Å². The summed E-state index contributed by atoms with van der Waals surface area (Å²) in [5, 5.41) is 6.56. The van der Waals surface area contributed by atoms with Crippen LogP contribution in [0.3, 0.4) is 0 Å². The van der Waals surface area contributed by atoms with Gasteiger partial charge in [-0.2, -0.15) is 0 Å². The van der Waals surface area contributed by atoms with Crippen LogP contribution in [0, 0.1) is 0 Å². The Bertz CT molecular complexity index is 280. The fraction of sp³-hybridized carbons (Fsp3) is 0.444. The zero-order valence-corrected chi connectivity index (χ0v) is 8.96. The van der Waals surface area contributed by atoms with Crippen LogP contribution in [0.4, 0.5) is 0 Å². The smallest absolute Gasteiger partial charge is 0.156 e. The minimum Gasteiger partial charge on any atom is -0.360 e. The highest BCUT2D eigenvalue weighted by molar-refractivity contribution is 8.13. The van der Waals surface area contributed by atoms with Crippen molar-refractivity contribution in [3.05, 3.63) is 22.4 Å². The van der Waals surface area contributed by atoms with Gasteiger partial charge in [-0.05, 0) is 17.9 Å². The first-order valence-corrected chi connectivity index (χ1v) is 6.25. The van der Waals surface area contributed by atoms with E-state index in [1.54, 1.807) is 11.3 Å². The number of nitrogens with one attached hydrogen (secondary N) is 1. The molecule has 0 spiro atoms. The number of amidine groups is 1. The third-order valence-electron chi connectivity index (χ3n) is 1.79. The van der Waals surface area contributed by atoms with Gasteiger partial charge < -0.3 is 5.32 Å². The van der Waals surface area contributed by atoms with Gasteiger partial charge in [0.1, 0.15) is 0 Å². The Morgan fingerprint density at radius 1 is 1.54 bits per heavy atom. The van der Waals surface area contributed by atoms with E-state index in [2.05, 4.69) is 27.8 Å². The summed E-state index contributed by atoms with van der Waals surface area (Å²) in [7, 11) is 0. The van der Waals surface area contributed by atoms with Gasteiger partial charge in [0, 0.05) is 17.2 Å². The Hall–Kier alpha value is -0.480. The summed E-state index contributed by atoms with van der Waals surface area (Å²) >= 11 is 3.61. The minimum atomic E-state index is 0.920. The van der Waals surface area contributed by atoms with Crippen molar-refractivity contribution in [3.8, 4) is 0 Å². The van der Waals surface area contributed by atoms with Crippen LogP contribution < -0.4 is 5.32 Å². The molecule has 1 aromatic rings. The molecule has 2 heterocycles. The maximum absolute atomic E-state index is 4.40. The van der Waals surface area contributed by atoms with E-state index in [-0.39, 0.29) is 0 Å². The molecule has 0 atom stereocenters. The van der Waals surface area contributed by atoms with Crippen molar-refractivity contribution in [1.82, 2.24) is 5.32 Å². The van der Waals surface area contributed by atoms with Gasteiger partial charge >= 0.3 is 0 Å². The lowest BCUT2D eigenvalue weighted by Crippen LogP contribution is -2.22. The lowest BCUT2D eigenvalue weighted by atomic mass is 10.5. The molecule has 1 aliphatic rings. The summed E-state index contributed by atoms with van der Waals surface area (Å²) in [6.45, 7) is 1.91. The molecule has 0 aromatic carbocycles. The van der Waals surface area contributed by atoms with Crippen molar-refractivity contribution in [2.45, 2.75) is 13.0 Å². The molecule has 0 aliphatic carbocycles. The zero-order valence-electron chi connectivity index (χ0n) is 7.32. The first kappa shape index (κ1) is 9.09. The molecule has 2 rings (SSSR count). The predicted octanol–water partition coefficient (Wildman–Crippen LogP) is 2.33. The number of thioether (sulfide) groups is 1. The first-order valence-electron chi connectivity index (χ1n) is 4.38. The lowest BCUT2D eigenvalue weighted by molar-refractivity contribution is 0.889. The topological polar surface area (TPSA) is 24.4 Å². The summed E-state index contributed by atoms with van der Waals surface area (Å²) < 4.78 is 0. The van der Waals surface area contributed by atoms with E-state index in [1.165, 1.54) is 17.1 Å². The van der Waals surface area contributed by atoms with E-state index in [1.807, 2.05) is 11.8 Å². The molecule has 2 nitrogen and oxygen atoms in total. The second-order valence-corrected chi connectivity index (χ2v) is 4.94. The molecule has 70 valence electrons. The maximum atomic E-state index is 4.40. The fourth-order valence-electron chi connectivity index (χ4n) is 1.14. The van der Waals surface area contributed by atoms with Crippen molar-refractivity contribution < 1.29 is 0 Å². The van der Waals surface area contributed by atoms with Crippen molar-refractivity contribution in [1.29, 1.82) is 0 Å². The number of hydrogen-bond acceptors (Lipinski definition) is 4. The van der Waals surface area contributed by atoms with Crippen molar-refractivity contribution in [3.63, 3.8) is 0 Å². The molecule has 0 saturated heterocycles. The van der Waals surface area contributed by atoms with E-state index in [0.29, 0.717) is 0 Å². The summed E-state index contributed by atoms with van der Waals surface area (Å²) in [6, 6.07) is 4.23. The monoisotopic (exact) mass is 212 g/mol. The number of thiophene rings is 1. The molecule has 0 saturated carbocycles. The fourth-order valence-corrected chi connectivity index (χ4v) is 2.61. The molecular formula is C9H12N2S2. The highest BCUT2D eigenvalue weighted by Crippen LogP contribution is 2.12. The molecule has 13 heavy (non-hydrogen) atoms. The van der Waals surface area contributed by atoms with Crippen LogP contribution in [0.25, 0.3) is 0 Å².